The molecule has 1 aromatic carbocycles. The Bertz CT molecular complexity index is 1190. The smallest absolute Gasteiger partial charge is 0.332 e. The number of carbonyl (C=O) groups excluding carboxylic acids is 1. The number of nitrogens with zero attached hydrogens (tertiary/aromatic N) is 4. The number of para-hydroxylation sites is 2. The van der Waals surface area contributed by atoms with Crippen molar-refractivity contribution in [1.29, 1.82) is 0 Å². The van der Waals surface area contributed by atoms with Gasteiger partial charge in [0.1, 0.15) is 17.0 Å². The van der Waals surface area contributed by atoms with Gasteiger partial charge in [0.2, 0.25) is 5.91 Å². The Morgan fingerprint density at radius 1 is 1.24 bits per heavy atom. The van der Waals surface area contributed by atoms with E-state index in [1.54, 1.807) is 24.3 Å². The van der Waals surface area contributed by atoms with Crippen molar-refractivity contribution in [3.05, 3.63) is 45.1 Å². The maximum absolute atomic E-state index is 12.7. The van der Waals surface area contributed by atoms with Crippen LogP contribution in [-0.2, 0) is 18.4 Å². The van der Waals surface area contributed by atoms with Crippen LogP contribution < -0.4 is 26.2 Å². The first-order valence-electron chi connectivity index (χ1n) is 9.28. The van der Waals surface area contributed by atoms with Crippen LogP contribution in [0.15, 0.2) is 33.9 Å². The first-order valence-corrected chi connectivity index (χ1v) is 10.1. The van der Waals surface area contributed by atoms with Crippen molar-refractivity contribution in [2.45, 2.75) is 19.4 Å². The summed E-state index contributed by atoms with van der Waals surface area (Å²) in [4.78, 5) is 44.6. The zero-order valence-corrected chi connectivity index (χ0v) is 17.0. The second kappa shape index (κ2) is 7.70. The molecule has 10 heteroatoms. The van der Waals surface area contributed by atoms with Gasteiger partial charge in [0.25, 0.3) is 5.56 Å². The molecule has 29 heavy (non-hydrogen) atoms. The number of hydrogen-bond acceptors (Lipinski definition) is 7. The van der Waals surface area contributed by atoms with Crippen LogP contribution in [0.4, 0.5) is 10.8 Å². The average Bonchev–Trinajstić information content (AvgIpc) is 3.40. The number of ether oxygens (including phenoxy) is 1. The zero-order valence-electron chi connectivity index (χ0n) is 16.2. The van der Waals surface area contributed by atoms with E-state index in [0.29, 0.717) is 21.3 Å². The maximum Gasteiger partial charge on any atom is 0.332 e. The number of nitrogens with one attached hydrogen (secondary N) is 1. The fourth-order valence-corrected chi connectivity index (χ4v) is 4.50. The lowest BCUT2D eigenvalue weighted by molar-refractivity contribution is -0.116. The molecule has 0 spiro atoms. The van der Waals surface area contributed by atoms with Crippen molar-refractivity contribution in [2.24, 2.45) is 7.05 Å². The van der Waals surface area contributed by atoms with E-state index >= 15 is 0 Å². The molecule has 1 fully saturated rings. The number of methoxy groups -OCH3 is 1. The number of benzene rings is 1. The van der Waals surface area contributed by atoms with Gasteiger partial charge in [-0.1, -0.05) is 23.5 Å². The Morgan fingerprint density at radius 3 is 2.69 bits per heavy atom. The number of fused-ring (bicyclic) bond motifs is 1. The average molecular weight is 415 g/mol. The predicted octanol–water partition coefficient (Wildman–Crippen LogP) is 1.40. The van der Waals surface area contributed by atoms with Crippen LogP contribution in [0.1, 0.15) is 12.8 Å². The van der Waals surface area contributed by atoms with Crippen molar-refractivity contribution in [2.75, 3.05) is 30.4 Å². The highest BCUT2D eigenvalue weighted by molar-refractivity contribution is 7.22. The van der Waals surface area contributed by atoms with Gasteiger partial charge in [0.15, 0.2) is 10.8 Å². The number of hydrogen-bond donors (Lipinski definition) is 1. The molecule has 3 heterocycles. The molecule has 3 aromatic rings. The molecule has 0 aliphatic carbocycles. The number of thiazole rings is 1. The molecule has 152 valence electrons. The van der Waals surface area contributed by atoms with E-state index in [1.807, 2.05) is 0 Å². The highest BCUT2D eigenvalue weighted by Crippen LogP contribution is 2.28. The molecule has 0 radical (unpaired) electrons. The molecule has 2 aromatic heterocycles. The predicted molar refractivity (Wildman–Crippen MR) is 112 cm³/mol. The third kappa shape index (κ3) is 3.51. The van der Waals surface area contributed by atoms with Gasteiger partial charge in [-0.3, -0.25) is 18.7 Å². The van der Waals surface area contributed by atoms with Crippen molar-refractivity contribution < 1.29 is 9.53 Å². The summed E-state index contributed by atoms with van der Waals surface area (Å²) in [6.07, 6.45) is 2.14. The van der Waals surface area contributed by atoms with E-state index < -0.39 is 17.2 Å². The summed E-state index contributed by atoms with van der Waals surface area (Å²) in [5, 5.41) is 3.46. The van der Waals surface area contributed by atoms with Crippen LogP contribution >= 0.6 is 11.3 Å². The van der Waals surface area contributed by atoms with Crippen molar-refractivity contribution in [3.8, 4) is 5.75 Å². The third-order valence-corrected chi connectivity index (χ3v) is 6.02. The molecule has 9 nitrogen and oxygen atoms in total. The van der Waals surface area contributed by atoms with Gasteiger partial charge in [-0.15, -0.1) is 0 Å². The lowest BCUT2D eigenvalue weighted by Crippen LogP contribution is -2.39. The summed E-state index contributed by atoms with van der Waals surface area (Å²) >= 11 is 1.27. The Hall–Kier alpha value is -3.14. The van der Waals surface area contributed by atoms with Gasteiger partial charge in [-0.05, 0) is 25.0 Å². The Morgan fingerprint density at radius 2 is 1.97 bits per heavy atom. The van der Waals surface area contributed by atoms with Crippen LogP contribution in [0.3, 0.4) is 0 Å². The monoisotopic (exact) mass is 415 g/mol. The number of aromatic nitrogens is 3. The quantitative estimate of drug-likeness (QED) is 0.677. The minimum absolute atomic E-state index is 0.250. The highest BCUT2D eigenvalue weighted by Gasteiger charge is 2.22. The lowest BCUT2D eigenvalue weighted by atomic mass is 10.3. The Labute approximate surface area is 170 Å². The molecule has 4 rings (SSSR count). The minimum atomic E-state index is -0.573. The molecule has 0 atom stereocenters. The molecule has 1 aliphatic heterocycles. The largest absolute Gasteiger partial charge is 0.495 e. The Balaban J connectivity index is 1.71. The molecular formula is C19H21N5O4S. The van der Waals surface area contributed by atoms with E-state index in [2.05, 4.69) is 15.2 Å². The number of rotatable bonds is 5. The molecule has 0 bridgehead atoms. The molecule has 0 unspecified atom stereocenters. The van der Waals surface area contributed by atoms with Gasteiger partial charge < -0.3 is 15.0 Å². The van der Waals surface area contributed by atoms with Crippen molar-refractivity contribution in [1.82, 2.24) is 14.1 Å². The minimum Gasteiger partial charge on any atom is -0.495 e. The second-order valence-electron chi connectivity index (χ2n) is 6.82. The SMILES string of the molecule is COc1ccccc1NC(=O)Cn1c(=O)n(C)c(=O)c2sc(N3CCCC3)nc21. The summed E-state index contributed by atoms with van der Waals surface area (Å²) in [5.41, 5.74) is -0.212. The summed E-state index contributed by atoms with van der Waals surface area (Å²) in [6.45, 7) is 1.49. The highest BCUT2D eigenvalue weighted by atomic mass is 32.1. The number of carbonyl (C=O) groups is 1. The van der Waals surface area contributed by atoms with Crippen LogP contribution in [0.2, 0.25) is 0 Å². The normalized spacial score (nSPS) is 13.8. The lowest BCUT2D eigenvalue weighted by Gasteiger charge is -2.12. The van der Waals surface area contributed by atoms with Crippen LogP contribution in [0.5, 0.6) is 5.75 Å². The van der Waals surface area contributed by atoms with Crippen molar-refractivity contribution >= 4 is 38.4 Å². The van der Waals surface area contributed by atoms with Crippen LogP contribution in [0.25, 0.3) is 10.3 Å². The summed E-state index contributed by atoms with van der Waals surface area (Å²) in [5.74, 6) is 0.107. The second-order valence-corrected chi connectivity index (χ2v) is 7.80. The fourth-order valence-electron chi connectivity index (χ4n) is 3.40. The maximum atomic E-state index is 12.7. The van der Waals surface area contributed by atoms with Gasteiger partial charge in [-0.25, -0.2) is 9.78 Å². The van der Waals surface area contributed by atoms with Gasteiger partial charge >= 0.3 is 5.69 Å². The van der Waals surface area contributed by atoms with Gasteiger partial charge in [-0.2, -0.15) is 0 Å². The van der Waals surface area contributed by atoms with E-state index in [1.165, 1.54) is 30.1 Å². The fraction of sp³-hybridized carbons (Fsp3) is 0.368. The molecule has 1 saturated heterocycles. The standard InChI is InChI=1S/C19H21N5O4S/c1-22-17(26)15-16(21-18(29-15)23-9-5-6-10-23)24(19(22)27)11-14(25)20-12-7-3-4-8-13(12)28-2/h3-4,7-8H,5-6,9-11H2,1-2H3,(H,20,25). The summed E-state index contributed by atoms with van der Waals surface area (Å²) in [7, 11) is 2.93. The molecular weight excluding hydrogens is 394 g/mol. The Kier molecular flexibility index (Phi) is 5.10. The zero-order chi connectivity index (χ0) is 20.5. The van der Waals surface area contributed by atoms with Crippen LogP contribution in [-0.4, -0.2) is 40.2 Å². The third-order valence-electron chi connectivity index (χ3n) is 4.93. The van der Waals surface area contributed by atoms with E-state index in [4.69, 9.17) is 4.74 Å². The molecule has 1 aliphatic rings. The number of anilines is 2. The molecule has 1 N–H and O–H groups in total. The van der Waals surface area contributed by atoms with E-state index in [-0.39, 0.29) is 12.2 Å². The van der Waals surface area contributed by atoms with Crippen molar-refractivity contribution in [3.63, 3.8) is 0 Å². The molecule has 1 amide bonds. The summed E-state index contributed by atoms with van der Waals surface area (Å²) in [6, 6.07) is 7.02. The first kappa shape index (κ1) is 19.2. The number of amides is 1. The van der Waals surface area contributed by atoms with Crippen LogP contribution in [0, 0.1) is 0 Å². The van der Waals surface area contributed by atoms with E-state index in [9.17, 15) is 14.4 Å². The van der Waals surface area contributed by atoms with E-state index in [0.717, 1.165) is 30.5 Å². The van der Waals surface area contributed by atoms with Gasteiger partial charge in [0.05, 0.1) is 12.8 Å². The summed E-state index contributed by atoms with van der Waals surface area (Å²) < 4.78 is 7.88. The molecule has 0 saturated carbocycles. The van der Waals surface area contributed by atoms with Gasteiger partial charge in [0, 0.05) is 20.1 Å². The topological polar surface area (TPSA) is 98.5 Å². The first-order chi connectivity index (χ1) is 14.0.